The van der Waals surface area contributed by atoms with E-state index < -0.39 is 5.97 Å². The van der Waals surface area contributed by atoms with Gasteiger partial charge in [0.05, 0.1) is 0 Å². The molecule has 1 aliphatic heterocycles. The van der Waals surface area contributed by atoms with Gasteiger partial charge in [-0.2, -0.15) is 0 Å². The SMILES string of the molecule is O=C(O)C1=NN=C2C1=Cc1c2ccc2c1ccc1ccccc12. The van der Waals surface area contributed by atoms with Gasteiger partial charge in [0.15, 0.2) is 5.71 Å². The minimum Gasteiger partial charge on any atom is -0.476 e. The van der Waals surface area contributed by atoms with Crippen LogP contribution in [0.4, 0.5) is 0 Å². The number of rotatable bonds is 1. The Morgan fingerprint density at radius 2 is 1.70 bits per heavy atom. The maximum absolute atomic E-state index is 11.3. The normalized spacial score (nSPS) is 15.2. The molecule has 0 bridgehead atoms. The monoisotopic (exact) mass is 298 g/mol. The van der Waals surface area contributed by atoms with Crippen LogP contribution >= 0.6 is 0 Å². The molecule has 0 spiro atoms. The zero-order valence-corrected chi connectivity index (χ0v) is 11.9. The Kier molecular flexibility index (Phi) is 2.21. The second-order valence-corrected chi connectivity index (χ2v) is 5.67. The molecule has 4 nitrogen and oxygen atoms in total. The summed E-state index contributed by atoms with van der Waals surface area (Å²) in [6, 6.07) is 16.5. The van der Waals surface area contributed by atoms with Crippen LogP contribution in [-0.4, -0.2) is 22.5 Å². The molecular weight excluding hydrogens is 288 g/mol. The highest BCUT2D eigenvalue weighted by Gasteiger charge is 2.32. The molecule has 0 unspecified atom stereocenters. The summed E-state index contributed by atoms with van der Waals surface area (Å²) < 4.78 is 0. The highest BCUT2D eigenvalue weighted by molar-refractivity contribution is 6.55. The summed E-state index contributed by atoms with van der Waals surface area (Å²) in [5.41, 5.74) is 3.25. The Hall–Kier alpha value is -3.27. The second kappa shape index (κ2) is 4.14. The van der Waals surface area contributed by atoms with E-state index in [9.17, 15) is 9.90 Å². The van der Waals surface area contributed by atoms with Crippen molar-refractivity contribution < 1.29 is 9.90 Å². The number of carbonyl (C=O) groups is 1. The first-order chi connectivity index (χ1) is 11.2. The van der Waals surface area contributed by atoms with Crippen LogP contribution in [0, 0.1) is 0 Å². The number of benzene rings is 3. The lowest BCUT2D eigenvalue weighted by atomic mass is 9.96. The molecule has 2 aliphatic rings. The zero-order valence-electron chi connectivity index (χ0n) is 11.9. The molecule has 3 aromatic rings. The third kappa shape index (κ3) is 1.52. The molecular formula is C19H10N2O2. The molecule has 4 heteroatoms. The van der Waals surface area contributed by atoms with Gasteiger partial charge in [-0.15, -0.1) is 10.2 Å². The predicted octanol–water partition coefficient (Wildman–Crippen LogP) is 3.63. The van der Waals surface area contributed by atoms with Gasteiger partial charge in [0.25, 0.3) is 0 Å². The molecule has 1 aliphatic carbocycles. The Balaban J connectivity index is 1.84. The largest absolute Gasteiger partial charge is 0.476 e. The zero-order chi connectivity index (χ0) is 15.6. The first-order valence-electron chi connectivity index (χ1n) is 7.30. The van der Waals surface area contributed by atoms with Crippen molar-refractivity contribution >= 4 is 45.0 Å². The molecule has 0 radical (unpaired) electrons. The molecule has 1 heterocycles. The van der Waals surface area contributed by atoms with Crippen LogP contribution in [0.3, 0.4) is 0 Å². The number of hydrogen-bond acceptors (Lipinski definition) is 3. The maximum atomic E-state index is 11.3. The van der Waals surface area contributed by atoms with Gasteiger partial charge < -0.3 is 5.11 Å². The van der Waals surface area contributed by atoms with Gasteiger partial charge in [-0.05, 0) is 33.2 Å². The van der Waals surface area contributed by atoms with E-state index in [1.54, 1.807) is 0 Å². The lowest BCUT2D eigenvalue weighted by Crippen LogP contribution is -2.15. The van der Waals surface area contributed by atoms with Crippen LogP contribution in [0.15, 0.2) is 64.3 Å². The molecule has 0 aromatic heterocycles. The first-order valence-corrected chi connectivity index (χ1v) is 7.30. The Morgan fingerprint density at radius 3 is 2.57 bits per heavy atom. The topological polar surface area (TPSA) is 62.0 Å². The number of hydrogen-bond donors (Lipinski definition) is 1. The summed E-state index contributed by atoms with van der Waals surface area (Å²) in [7, 11) is 0. The van der Waals surface area contributed by atoms with E-state index in [-0.39, 0.29) is 5.71 Å². The number of carboxylic acids is 1. The van der Waals surface area contributed by atoms with Gasteiger partial charge in [0, 0.05) is 11.1 Å². The van der Waals surface area contributed by atoms with Crippen molar-refractivity contribution in [3.8, 4) is 0 Å². The fourth-order valence-corrected chi connectivity index (χ4v) is 3.43. The summed E-state index contributed by atoms with van der Waals surface area (Å²) >= 11 is 0. The van der Waals surface area contributed by atoms with Gasteiger partial charge in [-0.1, -0.05) is 48.5 Å². The first kappa shape index (κ1) is 12.3. The number of nitrogens with zero attached hydrogens (tertiary/aromatic N) is 2. The smallest absolute Gasteiger partial charge is 0.357 e. The third-order valence-corrected chi connectivity index (χ3v) is 4.47. The minimum absolute atomic E-state index is 0.0186. The van der Waals surface area contributed by atoms with Gasteiger partial charge in [-0.3, -0.25) is 0 Å². The molecule has 23 heavy (non-hydrogen) atoms. The van der Waals surface area contributed by atoms with Gasteiger partial charge in [0.2, 0.25) is 0 Å². The van der Waals surface area contributed by atoms with Crippen molar-refractivity contribution in [2.24, 2.45) is 10.2 Å². The van der Waals surface area contributed by atoms with Gasteiger partial charge >= 0.3 is 5.97 Å². The van der Waals surface area contributed by atoms with E-state index >= 15 is 0 Å². The lowest BCUT2D eigenvalue weighted by Gasteiger charge is -2.08. The van der Waals surface area contributed by atoms with Crippen LogP contribution in [0.2, 0.25) is 0 Å². The van der Waals surface area contributed by atoms with Crippen molar-refractivity contribution in [1.29, 1.82) is 0 Å². The van der Waals surface area contributed by atoms with Crippen molar-refractivity contribution in [2.75, 3.05) is 0 Å². The molecule has 0 saturated carbocycles. The van der Waals surface area contributed by atoms with Crippen molar-refractivity contribution in [3.63, 3.8) is 0 Å². The molecule has 1 N–H and O–H groups in total. The van der Waals surface area contributed by atoms with Crippen LogP contribution in [0.25, 0.3) is 27.6 Å². The van der Waals surface area contributed by atoms with Crippen molar-refractivity contribution in [1.82, 2.24) is 0 Å². The molecule has 5 rings (SSSR count). The van der Waals surface area contributed by atoms with Crippen LogP contribution in [0.5, 0.6) is 0 Å². The fraction of sp³-hybridized carbons (Fsp3) is 0. The fourth-order valence-electron chi connectivity index (χ4n) is 3.43. The Bertz CT molecular complexity index is 1140. The van der Waals surface area contributed by atoms with E-state index in [0.29, 0.717) is 11.3 Å². The number of aliphatic carboxylic acids is 1. The molecule has 0 amide bonds. The average Bonchev–Trinajstić information content (AvgIpc) is 3.13. The van der Waals surface area contributed by atoms with E-state index in [1.807, 2.05) is 24.3 Å². The molecule has 0 saturated heterocycles. The average molecular weight is 298 g/mol. The van der Waals surface area contributed by atoms with Crippen molar-refractivity contribution in [2.45, 2.75) is 0 Å². The summed E-state index contributed by atoms with van der Waals surface area (Å²) in [5.74, 6) is -1.04. The summed E-state index contributed by atoms with van der Waals surface area (Å²) in [6.45, 7) is 0. The number of fused-ring (bicyclic) bond motifs is 7. The van der Waals surface area contributed by atoms with Crippen LogP contribution < -0.4 is 0 Å². The lowest BCUT2D eigenvalue weighted by molar-refractivity contribution is -0.129. The van der Waals surface area contributed by atoms with Gasteiger partial charge in [0.1, 0.15) is 5.71 Å². The summed E-state index contributed by atoms with van der Waals surface area (Å²) in [5, 5.41) is 21.8. The third-order valence-electron chi connectivity index (χ3n) is 4.47. The van der Waals surface area contributed by atoms with E-state index in [0.717, 1.165) is 21.9 Å². The van der Waals surface area contributed by atoms with Gasteiger partial charge in [-0.25, -0.2) is 4.79 Å². The predicted molar refractivity (Wildman–Crippen MR) is 91.0 cm³/mol. The Morgan fingerprint density at radius 1 is 0.870 bits per heavy atom. The quantitative estimate of drug-likeness (QED) is 0.697. The van der Waals surface area contributed by atoms with Crippen molar-refractivity contribution in [3.05, 3.63) is 65.2 Å². The highest BCUT2D eigenvalue weighted by Crippen LogP contribution is 2.37. The molecule has 0 fully saturated rings. The summed E-state index contributed by atoms with van der Waals surface area (Å²) in [6.07, 6.45) is 1.89. The summed E-state index contributed by atoms with van der Waals surface area (Å²) in [4.78, 5) is 11.3. The molecule has 0 atom stereocenters. The van der Waals surface area contributed by atoms with Crippen LogP contribution in [0.1, 0.15) is 11.1 Å². The van der Waals surface area contributed by atoms with E-state index in [4.69, 9.17) is 0 Å². The maximum Gasteiger partial charge on any atom is 0.357 e. The minimum atomic E-state index is -1.04. The molecule has 3 aromatic carbocycles. The van der Waals surface area contributed by atoms with E-state index in [2.05, 4.69) is 40.5 Å². The highest BCUT2D eigenvalue weighted by atomic mass is 16.4. The second-order valence-electron chi connectivity index (χ2n) is 5.67. The molecule has 108 valence electrons. The Labute approximate surface area is 131 Å². The van der Waals surface area contributed by atoms with Crippen LogP contribution in [-0.2, 0) is 4.79 Å². The standard InChI is InChI=1S/C19H10N2O2/c22-19(23)18-16-9-15-13-6-5-10-3-1-2-4-11(10)12(13)7-8-14(15)17(16)20-21-18/h1-9H,(H,22,23). The van der Waals surface area contributed by atoms with E-state index in [1.165, 1.54) is 10.8 Å². The number of carboxylic acid groups (broad SMARTS) is 1.